The van der Waals surface area contributed by atoms with Gasteiger partial charge < -0.3 is 15.5 Å². The van der Waals surface area contributed by atoms with Gasteiger partial charge in [0.15, 0.2) is 0 Å². The topological polar surface area (TPSA) is 69.6 Å². The number of rotatable bonds is 34. The van der Waals surface area contributed by atoms with Crippen LogP contribution in [0.25, 0.3) is 0 Å². The highest BCUT2D eigenvalue weighted by molar-refractivity contribution is 5.73. The Morgan fingerprint density at radius 1 is 0.523 bits per heavy atom. The van der Waals surface area contributed by atoms with Crippen molar-refractivity contribution in [3.63, 3.8) is 0 Å². The van der Waals surface area contributed by atoms with E-state index in [1.54, 1.807) is 6.08 Å². The maximum Gasteiger partial charge on any atom is 0.217 e. The molecule has 0 saturated carbocycles. The second-order valence-electron chi connectivity index (χ2n) is 13.1. The highest BCUT2D eigenvalue weighted by Gasteiger charge is 2.15. The number of carbonyl (C=O) groups is 1. The highest BCUT2D eigenvalue weighted by atomic mass is 16.3. The maximum atomic E-state index is 11.1. The minimum atomic E-state index is -0.864. The molecule has 2 unspecified atom stereocenters. The zero-order chi connectivity index (χ0) is 32.2. The standard InChI is InChI=1S/C40H75NO3/c1-3-4-5-6-7-8-9-10-11-12-13-14-15-16-17-18-19-20-21-22-23-24-25-26-27-28-29-30-31-32-33-34-35-36-40(44)39(37-42)41-38(2)43/h27-28,31-32,35-36,39-40,42,44H,3-26,29-30,33-34,37H2,1-2H3,(H,41,43)/b28-27+,32-31+,36-35+. The van der Waals surface area contributed by atoms with Crippen molar-refractivity contribution in [3.8, 4) is 0 Å². The molecule has 0 aromatic rings. The Morgan fingerprint density at radius 2 is 0.841 bits per heavy atom. The molecule has 0 bridgehead atoms. The average Bonchev–Trinajstić information content (AvgIpc) is 3.01. The first-order valence-corrected chi connectivity index (χ1v) is 19.1. The summed E-state index contributed by atoms with van der Waals surface area (Å²) in [5.41, 5.74) is 0. The molecule has 0 aliphatic heterocycles. The van der Waals surface area contributed by atoms with Gasteiger partial charge in [0.1, 0.15) is 0 Å². The molecule has 0 rings (SSSR count). The molecule has 0 aromatic carbocycles. The maximum absolute atomic E-state index is 11.1. The summed E-state index contributed by atoms with van der Waals surface area (Å²) in [4.78, 5) is 11.1. The molecule has 0 spiro atoms. The smallest absolute Gasteiger partial charge is 0.217 e. The van der Waals surface area contributed by atoms with Crippen LogP contribution < -0.4 is 5.32 Å². The molecular weight excluding hydrogens is 542 g/mol. The van der Waals surface area contributed by atoms with E-state index in [0.29, 0.717) is 0 Å². The summed E-state index contributed by atoms with van der Waals surface area (Å²) in [5, 5.41) is 21.8. The van der Waals surface area contributed by atoms with E-state index < -0.39 is 12.1 Å². The Labute approximate surface area is 274 Å². The van der Waals surface area contributed by atoms with Crippen LogP contribution in [0.2, 0.25) is 0 Å². The molecule has 3 N–H and O–H groups in total. The van der Waals surface area contributed by atoms with Crippen LogP contribution in [0.1, 0.15) is 194 Å². The van der Waals surface area contributed by atoms with Crippen LogP contribution in [0.5, 0.6) is 0 Å². The minimum Gasteiger partial charge on any atom is -0.394 e. The van der Waals surface area contributed by atoms with Gasteiger partial charge in [-0.15, -0.1) is 0 Å². The minimum absolute atomic E-state index is 0.255. The van der Waals surface area contributed by atoms with E-state index in [2.05, 4.69) is 36.5 Å². The zero-order valence-electron chi connectivity index (χ0n) is 29.4. The van der Waals surface area contributed by atoms with Crippen LogP contribution in [0.15, 0.2) is 36.5 Å². The number of hydrogen-bond acceptors (Lipinski definition) is 3. The Morgan fingerprint density at radius 3 is 1.18 bits per heavy atom. The van der Waals surface area contributed by atoms with E-state index in [4.69, 9.17) is 0 Å². The van der Waals surface area contributed by atoms with E-state index in [0.717, 1.165) is 25.7 Å². The normalized spacial score (nSPS) is 13.5. The summed E-state index contributed by atoms with van der Waals surface area (Å²) in [5.74, 6) is -0.255. The van der Waals surface area contributed by atoms with Crippen molar-refractivity contribution in [2.45, 2.75) is 206 Å². The molecule has 0 aliphatic rings. The lowest BCUT2D eigenvalue weighted by Gasteiger charge is -2.18. The second kappa shape index (κ2) is 36.1. The van der Waals surface area contributed by atoms with Crippen molar-refractivity contribution >= 4 is 5.91 Å². The van der Waals surface area contributed by atoms with Crippen LogP contribution in [0, 0.1) is 0 Å². The number of amides is 1. The third-order valence-electron chi connectivity index (χ3n) is 8.64. The fourth-order valence-corrected chi connectivity index (χ4v) is 5.77. The van der Waals surface area contributed by atoms with Crippen LogP contribution in [-0.2, 0) is 4.79 Å². The molecule has 44 heavy (non-hydrogen) atoms. The van der Waals surface area contributed by atoms with Crippen LogP contribution in [0.4, 0.5) is 0 Å². The molecule has 0 radical (unpaired) electrons. The van der Waals surface area contributed by atoms with E-state index in [1.165, 1.54) is 161 Å². The lowest BCUT2D eigenvalue weighted by atomic mass is 10.0. The Balaban J connectivity index is 3.30. The highest BCUT2D eigenvalue weighted by Crippen LogP contribution is 2.15. The van der Waals surface area contributed by atoms with Crippen LogP contribution in [0.3, 0.4) is 0 Å². The molecule has 258 valence electrons. The second-order valence-corrected chi connectivity index (χ2v) is 13.1. The SMILES string of the molecule is CCCCCCCCCCCCCCCCCCCCCCCCC/C=C/CC/C=C/CC/C=C/C(O)C(CO)NC(C)=O. The van der Waals surface area contributed by atoms with Gasteiger partial charge in [0.25, 0.3) is 0 Å². The fraction of sp³-hybridized carbons (Fsp3) is 0.825. The van der Waals surface area contributed by atoms with E-state index in [1.807, 2.05) is 6.08 Å². The lowest BCUT2D eigenvalue weighted by molar-refractivity contribution is -0.120. The van der Waals surface area contributed by atoms with Gasteiger partial charge in [-0.25, -0.2) is 0 Å². The number of aliphatic hydroxyl groups excluding tert-OH is 2. The Kier molecular flexibility index (Phi) is 34.9. The van der Waals surface area contributed by atoms with Crippen molar-refractivity contribution in [1.29, 1.82) is 0 Å². The van der Waals surface area contributed by atoms with Gasteiger partial charge in [0.2, 0.25) is 5.91 Å². The monoisotopic (exact) mass is 618 g/mol. The van der Waals surface area contributed by atoms with Crippen LogP contribution in [-0.4, -0.2) is 34.9 Å². The molecule has 0 aliphatic carbocycles. The molecule has 0 heterocycles. The van der Waals surface area contributed by atoms with Crippen molar-refractivity contribution in [2.75, 3.05) is 6.61 Å². The van der Waals surface area contributed by atoms with E-state index >= 15 is 0 Å². The Hall–Kier alpha value is -1.39. The van der Waals surface area contributed by atoms with Crippen molar-refractivity contribution in [1.82, 2.24) is 5.32 Å². The molecular formula is C40H75NO3. The predicted octanol–water partition coefficient (Wildman–Crippen LogP) is 11.5. The molecule has 1 amide bonds. The van der Waals surface area contributed by atoms with Crippen LogP contribution >= 0.6 is 0 Å². The fourth-order valence-electron chi connectivity index (χ4n) is 5.77. The molecule has 0 fully saturated rings. The van der Waals surface area contributed by atoms with Gasteiger partial charge >= 0.3 is 0 Å². The third-order valence-corrected chi connectivity index (χ3v) is 8.64. The van der Waals surface area contributed by atoms with Crippen molar-refractivity contribution < 1.29 is 15.0 Å². The number of nitrogens with one attached hydrogen (secondary N) is 1. The van der Waals surface area contributed by atoms with Gasteiger partial charge in [-0.3, -0.25) is 4.79 Å². The number of unbranched alkanes of at least 4 members (excludes halogenated alkanes) is 25. The van der Waals surface area contributed by atoms with Gasteiger partial charge in [0.05, 0.1) is 18.8 Å². The number of aliphatic hydroxyl groups is 2. The molecule has 0 aromatic heterocycles. The van der Waals surface area contributed by atoms with Crippen molar-refractivity contribution in [2.24, 2.45) is 0 Å². The molecule has 2 atom stereocenters. The first kappa shape index (κ1) is 42.6. The summed E-state index contributed by atoms with van der Waals surface area (Å²) in [6, 6.07) is -0.644. The van der Waals surface area contributed by atoms with Gasteiger partial charge in [-0.2, -0.15) is 0 Å². The molecule has 4 nitrogen and oxygen atoms in total. The summed E-state index contributed by atoms with van der Waals surface area (Å²) < 4.78 is 0. The lowest BCUT2D eigenvalue weighted by Crippen LogP contribution is -2.44. The van der Waals surface area contributed by atoms with E-state index in [-0.39, 0.29) is 12.5 Å². The van der Waals surface area contributed by atoms with Crippen molar-refractivity contribution in [3.05, 3.63) is 36.5 Å². The first-order valence-electron chi connectivity index (χ1n) is 19.1. The van der Waals surface area contributed by atoms with Gasteiger partial charge in [-0.1, -0.05) is 185 Å². The molecule has 4 heteroatoms. The van der Waals surface area contributed by atoms with Gasteiger partial charge in [0, 0.05) is 6.92 Å². The number of carbonyl (C=O) groups excluding carboxylic acids is 1. The summed E-state index contributed by atoms with van der Waals surface area (Å²) in [7, 11) is 0. The molecule has 0 saturated heterocycles. The van der Waals surface area contributed by atoms with E-state index in [9.17, 15) is 15.0 Å². The summed E-state index contributed by atoms with van der Waals surface area (Å²) in [6.45, 7) is 3.40. The predicted molar refractivity (Wildman–Crippen MR) is 193 cm³/mol. The first-order chi connectivity index (χ1) is 21.6. The number of hydrogen-bond donors (Lipinski definition) is 3. The third kappa shape index (κ3) is 33.5. The number of allylic oxidation sites excluding steroid dienone is 5. The average molecular weight is 618 g/mol. The largest absolute Gasteiger partial charge is 0.394 e. The zero-order valence-corrected chi connectivity index (χ0v) is 29.4. The Bertz CT molecular complexity index is 672. The quantitative estimate of drug-likeness (QED) is 0.0497. The summed E-state index contributed by atoms with van der Waals surface area (Å²) in [6.07, 6.45) is 50.0. The van der Waals surface area contributed by atoms with Gasteiger partial charge in [-0.05, 0) is 38.5 Å². The summed E-state index contributed by atoms with van der Waals surface area (Å²) >= 11 is 0.